The van der Waals surface area contributed by atoms with Gasteiger partial charge in [0, 0.05) is 37.8 Å². The molecule has 3 amide bonds. The summed E-state index contributed by atoms with van der Waals surface area (Å²) in [6, 6.07) is 8.92. The number of rotatable bonds is 10. The summed E-state index contributed by atoms with van der Waals surface area (Å²) in [6.45, 7) is 0.890. The second-order valence-corrected chi connectivity index (χ2v) is 11.4. The predicted molar refractivity (Wildman–Crippen MR) is 144 cm³/mol. The Hall–Kier alpha value is -3.87. The smallest absolute Gasteiger partial charge is 0.392 e. The van der Waals surface area contributed by atoms with Gasteiger partial charge >= 0.3 is 6.18 Å². The zero-order valence-electron chi connectivity index (χ0n) is 23.3. The minimum absolute atomic E-state index is 0.0506. The number of amides is 3. The largest absolute Gasteiger partial charge is 0.408 e. The molecule has 4 rings (SSSR count). The van der Waals surface area contributed by atoms with Crippen LogP contribution >= 0.6 is 0 Å². The van der Waals surface area contributed by atoms with Gasteiger partial charge in [0.25, 0.3) is 5.91 Å². The summed E-state index contributed by atoms with van der Waals surface area (Å²) in [5, 5.41) is 14.2. The van der Waals surface area contributed by atoms with E-state index in [-0.39, 0.29) is 44.5 Å². The number of primary amides is 1. The topological polar surface area (TPSA) is 129 Å². The average Bonchev–Trinajstić information content (AvgIpc) is 3.18. The van der Waals surface area contributed by atoms with Crippen LogP contribution < -0.4 is 5.73 Å². The van der Waals surface area contributed by atoms with Crippen LogP contribution in [0, 0.1) is 22.6 Å². The van der Waals surface area contributed by atoms with E-state index in [0.29, 0.717) is 21.8 Å². The lowest BCUT2D eigenvalue weighted by molar-refractivity contribution is -0.164. The van der Waals surface area contributed by atoms with Crippen molar-refractivity contribution in [2.24, 2.45) is 27.6 Å². The van der Waals surface area contributed by atoms with Gasteiger partial charge in [-0.1, -0.05) is 26.0 Å². The highest BCUT2D eigenvalue weighted by Crippen LogP contribution is 2.41. The molecule has 2 atom stereocenters. The fourth-order valence-electron chi connectivity index (χ4n) is 5.73. The lowest BCUT2D eigenvalue weighted by Gasteiger charge is -2.42. The number of likely N-dealkylation sites (tertiary alicyclic amines) is 1. The Labute approximate surface area is 240 Å². The zero-order chi connectivity index (χ0) is 30.9. The fourth-order valence-corrected chi connectivity index (χ4v) is 5.73. The molecule has 0 spiro atoms. The lowest BCUT2D eigenvalue weighted by Crippen LogP contribution is -2.58. The molecule has 1 aromatic heterocycles. The van der Waals surface area contributed by atoms with Gasteiger partial charge in [-0.2, -0.15) is 18.3 Å². The molecular weight excluding hydrogens is 558 g/mol. The summed E-state index contributed by atoms with van der Waals surface area (Å²) in [6.07, 6.45) is -2.88. The Morgan fingerprint density at radius 2 is 1.90 bits per heavy atom. The Balaban J connectivity index is 1.66. The van der Waals surface area contributed by atoms with Crippen molar-refractivity contribution < 1.29 is 37.1 Å². The van der Waals surface area contributed by atoms with E-state index in [2.05, 4.69) is 10.1 Å². The quantitative estimate of drug-likeness (QED) is 0.411. The third-order valence-electron chi connectivity index (χ3n) is 8.21. The van der Waals surface area contributed by atoms with E-state index in [1.54, 1.807) is 18.2 Å². The molecule has 3 N–H and O–H groups in total. The first-order chi connectivity index (χ1) is 19.7. The number of carbonyl (C=O) groups excluding carboxylic acids is 3. The molecule has 226 valence electrons. The summed E-state index contributed by atoms with van der Waals surface area (Å²) in [5.41, 5.74) is 4.42. The van der Waals surface area contributed by atoms with Gasteiger partial charge < -0.3 is 15.7 Å². The van der Waals surface area contributed by atoms with Crippen molar-refractivity contribution in [3.8, 4) is 0 Å². The number of pyridine rings is 1. The number of carbonyl (C=O) groups is 3. The number of fused-ring (bicyclic) bond motifs is 1. The molecule has 9 nitrogen and oxygen atoms in total. The van der Waals surface area contributed by atoms with Crippen molar-refractivity contribution in [1.82, 2.24) is 14.9 Å². The van der Waals surface area contributed by atoms with Crippen molar-refractivity contribution in [3.05, 3.63) is 65.2 Å². The number of piperidine rings is 1. The van der Waals surface area contributed by atoms with E-state index in [0.717, 1.165) is 0 Å². The van der Waals surface area contributed by atoms with Crippen molar-refractivity contribution in [3.63, 3.8) is 0 Å². The summed E-state index contributed by atoms with van der Waals surface area (Å²) < 4.78 is 53.6. The number of nitrogens with two attached hydrogens (primary N) is 1. The van der Waals surface area contributed by atoms with Gasteiger partial charge in [-0.25, -0.2) is 9.40 Å². The summed E-state index contributed by atoms with van der Waals surface area (Å²) >= 11 is 0. The van der Waals surface area contributed by atoms with Crippen molar-refractivity contribution in [2.45, 2.75) is 52.3 Å². The minimum Gasteiger partial charge on any atom is -0.392 e. The van der Waals surface area contributed by atoms with Crippen LogP contribution in [-0.4, -0.2) is 69.2 Å². The van der Waals surface area contributed by atoms with Gasteiger partial charge in [-0.3, -0.25) is 19.4 Å². The monoisotopic (exact) mass is 591 g/mol. The molecule has 3 heterocycles. The first-order valence-corrected chi connectivity index (χ1v) is 13.5. The number of aryl methyl sites for hydroxylation is 1. The van der Waals surface area contributed by atoms with Crippen molar-refractivity contribution >= 4 is 23.4 Å². The predicted octanol–water partition coefficient (Wildman–Crippen LogP) is 3.00. The van der Waals surface area contributed by atoms with Crippen LogP contribution in [0.25, 0.3) is 0 Å². The van der Waals surface area contributed by atoms with E-state index in [9.17, 15) is 37.1 Å². The fraction of sp³-hybridized carbons (Fsp3) is 0.483. The maximum atomic E-state index is 14.1. The van der Waals surface area contributed by atoms with E-state index in [1.165, 1.54) is 43.1 Å². The van der Waals surface area contributed by atoms with Gasteiger partial charge in [-0.15, -0.1) is 0 Å². The third kappa shape index (κ3) is 6.30. The highest BCUT2D eigenvalue weighted by molar-refractivity contribution is 6.13. The number of nitrogens with zero attached hydrogens (tertiary/aromatic N) is 4. The molecule has 1 fully saturated rings. The highest BCUT2D eigenvalue weighted by atomic mass is 19.4. The highest BCUT2D eigenvalue weighted by Gasteiger charge is 2.57. The average molecular weight is 592 g/mol. The molecule has 13 heteroatoms. The standard InChI is InChI=1S/C29H33F4N5O4/c1-27(2,25(34)41)22(9-7-18-6-8-20(30)13-19(18)15-39)24(40)37-12-10-23-28(16-37,14-21-5-3-4-11-35-21)26(42)38(36-23)17-29(31,32)33/h3-6,8,11,13,22,39H,7,9-10,12,14-17H2,1-2H3,(H2,34,41)/t22-,28+/m0/s1. The molecule has 1 aromatic carbocycles. The van der Waals surface area contributed by atoms with Crippen LogP contribution in [0.15, 0.2) is 47.7 Å². The van der Waals surface area contributed by atoms with Gasteiger partial charge in [0.05, 0.1) is 23.7 Å². The Morgan fingerprint density at radius 1 is 1.17 bits per heavy atom. The molecule has 42 heavy (non-hydrogen) atoms. The van der Waals surface area contributed by atoms with Crippen molar-refractivity contribution in [2.75, 3.05) is 19.6 Å². The molecule has 2 aliphatic rings. The molecule has 0 aliphatic carbocycles. The number of benzene rings is 1. The van der Waals surface area contributed by atoms with Crippen molar-refractivity contribution in [1.29, 1.82) is 0 Å². The van der Waals surface area contributed by atoms with Gasteiger partial charge in [0.1, 0.15) is 17.8 Å². The van der Waals surface area contributed by atoms with Crippen LogP contribution in [0.3, 0.4) is 0 Å². The Morgan fingerprint density at radius 3 is 2.52 bits per heavy atom. The summed E-state index contributed by atoms with van der Waals surface area (Å²) in [7, 11) is 0. The van der Waals surface area contributed by atoms with Crippen LogP contribution in [0.2, 0.25) is 0 Å². The Bertz CT molecular complexity index is 1380. The molecule has 0 radical (unpaired) electrons. The molecule has 2 aliphatic heterocycles. The van der Waals surface area contributed by atoms with Crippen LogP contribution in [-0.2, 0) is 33.8 Å². The Kier molecular flexibility index (Phi) is 8.72. The van der Waals surface area contributed by atoms with Crippen LogP contribution in [0.1, 0.15) is 43.5 Å². The minimum atomic E-state index is -4.68. The first-order valence-electron chi connectivity index (χ1n) is 13.5. The third-order valence-corrected chi connectivity index (χ3v) is 8.21. The lowest BCUT2D eigenvalue weighted by atomic mass is 9.71. The van der Waals surface area contributed by atoms with Gasteiger partial charge in [0.15, 0.2) is 0 Å². The summed E-state index contributed by atoms with van der Waals surface area (Å²) in [4.78, 5) is 45.9. The molecule has 0 saturated carbocycles. The molecule has 0 unspecified atom stereocenters. The maximum absolute atomic E-state index is 14.1. The molecule has 2 aromatic rings. The number of halogens is 4. The van der Waals surface area contributed by atoms with Gasteiger partial charge in [-0.05, 0) is 48.2 Å². The maximum Gasteiger partial charge on any atom is 0.408 e. The number of aromatic nitrogens is 1. The number of alkyl halides is 3. The molecular formula is C29H33F4N5O4. The first kappa shape index (κ1) is 31.1. The number of hydrazone groups is 1. The van der Waals surface area contributed by atoms with Crippen LogP contribution in [0.5, 0.6) is 0 Å². The second kappa shape index (κ2) is 11.8. The number of hydrogen-bond acceptors (Lipinski definition) is 6. The zero-order valence-corrected chi connectivity index (χ0v) is 23.3. The van der Waals surface area contributed by atoms with E-state index in [1.807, 2.05) is 0 Å². The van der Waals surface area contributed by atoms with Gasteiger partial charge in [0.2, 0.25) is 11.8 Å². The summed E-state index contributed by atoms with van der Waals surface area (Å²) in [5.74, 6) is -3.62. The van der Waals surface area contributed by atoms with E-state index < -0.39 is 59.6 Å². The van der Waals surface area contributed by atoms with E-state index in [4.69, 9.17) is 5.73 Å². The van der Waals surface area contributed by atoms with Crippen LogP contribution in [0.4, 0.5) is 17.6 Å². The van der Waals surface area contributed by atoms with E-state index >= 15 is 0 Å². The SMILES string of the molecule is CC(C)(C(N)=O)[C@@H](CCc1ccc(F)cc1CO)C(=O)N1CCC2=NN(CC(F)(F)F)C(=O)[C@]2(Cc2ccccn2)C1. The number of aliphatic hydroxyl groups is 1. The number of aliphatic hydroxyl groups excluding tert-OH is 1. The normalized spacial score (nSPS) is 19.9. The molecule has 0 bridgehead atoms. The molecule has 1 saturated heterocycles. The second-order valence-electron chi connectivity index (χ2n) is 11.4. The number of hydrogen-bond donors (Lipinski definition) is 2.